The molecule has 0 aromatic heterocycles. The quantitative estimate of drug-likeness (QED) is 0.586. The average Bonchev–Trinajstić information content (AvgIpc) is 2.68. The maximum atomic E-state index is 9.02. The zero-order valence-corrected chi connectivity index (χ0v) is 14.5. The Hall–Kier alpha value is -3.24. The van der Waals surface area contributed by atoms with Crippen LogP contribution in [0.5, 0.6) is 0 Å². The van der Waals surface area contributed by atoms with Gasteiger partial charge in [-0.3, -0.25) is 0 Å². The highest BCUT2D eigenvalue weighted by molar-refractivity contribution is 5.68. The molecule has 0 bridgehead atoms. The summed E-state index contributed by atoms with van der Waals surface area (Å²) in [6.07, 6.45) is 13.6. The maximum Gasteiger partial charge on any atom is 0.269 e. The number of benzene rings is 1. The highest BCUT2D eigenvalue weighted by atomic mass is 16.5. The molecular weight excluding hydrogens is 322 g/mol. The van der Waals surface area contributed by atoms with Crippen LogP contribution in [0.3, 0.4) is 0 Å². The van der Waals surface area contributed by atoms with Crippen molar-refractivity contribution in [2.24, 2.45) is 0 Å². The molecule has 26 heavy (non-hydrogen) atoms. The monoisotopic (exact) mass is 341 g/mol. The van der Waals surface area contributed by atoms with Gasteiger partial charge in [0.15, 0.2) is 0 Å². The van der Waals surface area contributed by atoms with E-state index in [1.165, 1.54) is 54.6 Å². The lowest BCUT2D eigenvalue weighted by atomic mass is 9.90. The molecule has 3 aliphatic rings. The first-order valence-corrected chi connectivity index (χ1v) is 8.94. The molecule has 4 heteroatoms. The molecule has 0 atom stereocenters. The van der Waals surface area contributed by atoms with E-state index in [1.54, 1.807) is 12.2 Å². The molecule has 1 aromatic rings. The van der Waals surface area contributed by atoms with E-state index >= 15 is 0 Å². The number of hydrogen-bond acceptors (Lipinski definition) is 3. The lowest BCUT2D eigenvalue weighted by Gasteiger charge is -2.37. The van der Waals surface area contributed by atoms with Crippen LogP contribution in [0, 0.1) is 17.9 Å². The summed E-state index contributed by atoms with van der Waals surface area (Å²) in [5.41, 5.74) is 6.21. The molecule has 3 aliphatic heterocycles. The standard InChI is InChI=1S/C22H19N3O/c1-24-21(15-23)17-8-11-26-20(14-17)7-6-16-12-18-4-2-9-25-10-3-5-19(13-16)22(18)25/h6-8,11-14H,2-5,9-10H2/b7-6+,21-17-. The highest BCUT2D eigenvalue weighted by Gasteiger charge is 2.23. The lowest BCUT2D eigenvalue weighted by Crippen LogP contribution is -2.34. The molecule has 0 radical (unpaired) electrons. The van der Waals surface area contributed by atoms with Crippen LogP contribution in [-0.2, 0) is 17.6 Å². The summed E-state index contributed by atoms with van der Waals surface area (Å²) in [6, 6.07) is 6.48. The van der Waals surface area contributed by atoms with E-state index in [1.807, 2.05) is 12.1 Å². The van der Waals surface area contributed by atoms with Gasteiger partial charge in [-0.05, 0) is 78.3 Å². The summed E-state index contributed by atoms with van der Waals surface area (Å²) in [7, 11) is 0. The number of hydrogen-bond donors (Lipinski definition) is 0. The minimum Gasteiger partial charge on any atom is -0.465 e. The van der Waals surface area contributed by atoms with Gasteiger partial charge in [-0.1, -0.05) is 6.08 Å². The molecule has 0 amide bonds. The van der Waals surface area contributed by atoms with E-state index in [0.29, 0.717) is 11.3 Å². The third-order valence-electron chi connectivity index (χ3n) is 5.04. The number of ether oxygens (including phenoxy) is 1. The number of nitriles is 1. The second-order valence-corrected chi connectivity index (χ2v) is 6.71. The largest absolute Gasteiger partial charge is 0.465 e. The van der Waals surface area contributed by atoms with E-state index in [-0.39, 0.29) is 5.70 Å². The van der Waals surface area contributed by atoms with Crippen LogP contribution in [0.15, 0.2) is 53.7 Å². The number of aryl methyl sites for hydroxylation is 2. The number of allylic oxidation sites excluding steroid dienone is 5. The normalized spacial score (nSPS) is 19.9. The van der Waals surface area contributed by atoms with Crippen molar-refractivity contribution in [2.45, 2.75) is 25.7 Å². The van der Waals surface area contributed by atoms with Crippen molar-refractivity contribution in [1.82, 2.24) is 0 Å². The van der Waals surface area contributed by atoms with Crippen LogP contribution >= 0.6 is 0 Å². The fraction of sp³-hybridized carbons (Fsp3) is 0.273. The first-order chi connectivity index (χ1) is 12.8. The topological polar surface area (TPSA) is 40.6 Å². The van der Waals surface area contributed by atoms with Gasteiger partial charge in [0.2, 0.25) is 0 Å². The molecular formula is C22H19N3O. The summed E-state index contributed by atoms with van der Waals surface area (Å²) in [6.45, 7) is 9.43. The zero-order chi connectivity index (χ0) is 17.9. The van der Waals surface area contributed by atoms with Gasteiger partial charge >= 0.3 is 0 Å². The molecule has 4 rings (SSSR count). The van der Waals surface area contributed by atoms with Crippen molar-refractivity contribution in [3.63, 3.8) is 0 Å². The number of nitrogens with zero attached hydrogens (tertiary/aromatic N) is 3. The molecule has 0 saturated carbocycles. The van der Waals surface area contributed by atoms with Gasteiger partial charge in [0.1, 0.15) is 5.76 Å². The van der Waals surface area contributed by atoms with Crippen molar-refractivity contribution < 1.29 is 4.74 Å². The van der Waals surface area contributed by atoms with Crippen molar-refractivity contribution in [3.05, 3.63) is 81.8 Å². The highest BCUT2D eigenvalue weighted by Crippen LogP contribution is 2.36. The average molecular weight is 341 g/mol. The molecule has 1 aromatic carbocycles. The summed E-state index contributed by atoms with van der Waals surface area (Å²) in [5.74, 6) is 0.631. The van der Waals surface area contributed by atoms with Crippen molar-refractivity contribution in [1.29, 1.82) is 5.26 Å². The fourth-order valence-electron chi connectivity index (χ4n) is 3.92. The number of rotatable bonds is 2. The Kier molecular flexibility index (Phi) is 4.33. The Balaban J connectivity index is 1.63. The van der Waals surface area contributed by atoms with E-state index in [9.17, 15) is 0 Å². The van der Waals surface area contributed by atoms with E-state index in [4.69, 9.17) is 16.6 Å². The summed E-state index contributed by atoms with van der Waals surface area (Å²) in [5, 5.41) is 9.02. The molecule has 0 unspecified atom stereocenters. The first kappa shape index (κ1) is 16.2. The molecule has 3 heterocycles. The Morgan fingerprint density at radius 3 is 2.58 bits per heavy atom. The minimum absolute atomic E-state index is 0.0775. The Bertz CT molecular complexity index is 904. The summed E-state index contributed by atoms with van der Waals surface area (Å²) < 4.78 is 5.51. The SMILES string of the molecule is [C-]#[N+]/C(C#N)=C1/C=COC(/C=C/c2cc3c4c(c2)CCCN4CCC3)=C1. The predicted molar refractivity (Wildman–Crippen MR) is 102 cm³/mol. The van der Waals surface area contributed by atoms with E-state index in [2.05, 4.69) is 28.0 Å². The predicted octanol–water partition coefficient (Wildman–Crippen LogP) is 4.52. The van der Waals surface area contributed by atoms with Crippen molar-refractivity contribution in [2.75, 3.05) is 18.0 Å². The molecule has 0 N–H and O–H groups in total. The smallest absolute Gasteiger partial charge is 0.269 e. The van der Waals surface area contributed by atoms with Crippen LogP contribution in [0.2, 0.25) is 0 Å². The fourth-order valence-corrected chi connectivity index (χ4v) is 3.92. The summed E-state index contributed by atoms with van der Waals surface area (Å²) in [4.78, 5) is 5.79. The van der Waals surface area contributed by atoms with Gasteiger partial charge < -0.3 is 9.64 Å². The van der Waals surface area contributed by atoms with Crippen LogP contribution in [0.1, 0.15) is 29.5 Å². The summed E-state index contributed by atoms with van der Waals surface area (Å²) >= 11 is 0. The Morgan fingerprint density at radius 1 is 1.19 bits per heavy atom. The molecule has 0 aliphatic carbocycles. The zero-order valence-electron chi connectivity index (χ0n) is 14.5. The maximum absolute atomic E-state index is 9.02. The Labute approximate surface area is 153 Å². The van der Waals surface area contributed by atoms with E-state index in [0.717, 1.165) is 12.8 Å². The second kappa shape index (κ2) is 6.94. The van der Waals surface area contributed by atoms with Gasteiger partial charge in [0, 0.05) is 18.8 Å². The molecule has 0 fully saturated rings. The molecule has 4 nitrogen and oxygen atoms in total. The van der Waals surface area contributed by atoms with Crippen molar-refractivity contribution >= 4 is 11.8 Å². The third kappa shape index (κ3) is 3.03. The molecule has 128 valence electrons. The van der Waals surface area contributed by atoms with Gasteiger partial charge in [-0.2, -0.15) is 0 Å². The van der Waals surface area contributed by atoms with Gasteiger partial charge in [-0.25, -0.2) is 10.1 Å². The third-order valence-corrected chi connectivity index (χ3v) is 5.04. The van der Waals surface area contributed by atoms with Gasteiger partial charge in [-0.15, -0.1) is 0 Å². The second-order valence-electron chi connectivity index (χ2n) is 6.71. The minimum atomic E-state index is 0.0775. The van der Waals surface area contributed by atoms with Crippen LogP contribution in [-0.4, -0.2) is 13.1 Å². The van der Waals surface area contributed by atoms with Crippen LogP contribution in [0.4, 0.5) is 5.69 Å². The van der Waals surface area contributed by atoms with Crippen LogP contribution in [0.25, 0.3) is 10.9 Å². The Morgan fingerprint density at radius 2 is 1.92 bits per heavy atom. The van der Waals surface area contributed by atoms with Crippen molar-refractivity contribution in [3.8, 4) is 6.07 Å². The van der Waals surface area contributed by atoms with Gasteiger partial charge in [0.25, 0.3) is 5.70 Å². The van der Waals surface area contributed by atoms with E-state index < -0.39 is 0 Å². The lowest BCUT2D eigenvalue weighted by molar-refractivity contribution is 0.364. The van der Waals surface area contributed by atoms with Gasteiger partial charge in [0.05, 0.1) is 18.9 Å². The molecule has 0 saturated heterocycles. The number of anilines is 1. The van der Waals surface area contributed by atoms with Crippen LogP contribution < -0.4 is 4.90 Å². The first-order valence-electron chi connectivity index (χ1n) is 8.94. The molecule has 0 spiro atoms.